The van der Waals surface area contributed by atoms with Gasteiger partial charge in [-0.15, -0.1) is 0 Å². The van der Waals surface area contributed by atoms with Crippen molar-refractivity contribution in [1.29, 1.82) is 0 Å². The van der Waals surface area contributed by atoms with Gasteiger partial charge in [0.1, 0.15) is 11.3 Å². The molecule has 1 aromatic heterocycles. The first-order valence-electron chi connectivity index (χ1n) is 8.10. The van der Waals surface area contributed by atoms with E-state index in [1.54, 1.807) is 0 Å². The summed E-state index contributed by atoms with van der Waals surface area (Å²) < 4.78 is 6.01. The van der Waals surface area contributed by atoms with Gasteiger partial charge in [-0.25, -0.2) is 0 Å². The summed E-state index contributed by atoms with van der Waals surface area (Å²) in [6, 6.07) is 27.2. The van der Waals surface area contributed by atoms with E-state index >= 15 is 0 Å². The molecule has 118 valence electrons. The number of furan rings is 1. The van der Waals surface area contributed by atoms with Gasteiger partial charge in [0, 0.05) is 29.4 Å². The van der Waals surface area contributed by atoms with Crippen LogP contribution in [0.5, 0.6) is 0 Å². The molecule has 0 spiro atoms. The number of hydrogen-bond acceptors (Lipinski definition) is 2. The summed E-state index contributed by atoms with van der Waals surface area (Å²) in [5, 5.41) is 1.14. The van der Waals surface area contributed by atoms with Crippen molar-refractivity contribution in [3.63, 3.8) is 0 Å². The Labute approximate surface area is 142 Å². The second-order valence-corrected chi connectivity index (χ2v) is 6.09. The molecule has 0 saturated carbocycles. The number of hydrogen-bond donors (Lipinski definition) is 0. The molecular weight excluding hydrogens is 294 g/mol. The van der Waals surface area contributed by atoms with E-state index in [2.05, 4.69) is 91.7 Å². The van der Waals surface area contributed by atoms with Crippen LogP contribution < -0.4 is 4.90 Å². The Balaban J connectivity index is 1.65. The molecule has 0 N–H and O–H groups in total. The summed E-state index contributed by atoms with van der Waals surface area (Å²) in [6.45, 7) is 2.08. The lowest BCUT2D eigenvalue weighted by Crippen LogP contribution is -2.08. The maximum atomic E-state index is 6.01. The second kappa shape index (κ2) is 5.89. The highest BCUT2D eigenvalue weighted by Crippen LogP contribution is 2.31. The lowest BCUT2D eigenvalue weighted by molar-refractivity contribution is 0.631. The van der Waals surface area contributed by atoms with Crippen molar-refractivity contribution in [1.82, 2.24) is 0 Å². The zero-order valence-electron chi connectivity index (χ0n) is 13.9. The first-order chi connectivity index (χ1) is 11.7. The Morgan fingerprint density at radius 3 is 2.21 bits per heavy atom. The van der Waals surface area contributed by atoms with Gasteiger partial charge in [-0.05, 0) is 61.0 Å². The fraction of sp³-hybridized carbons (Fsp3) is 0.0909. The molecule has 2 heteroatoms. The number of para-hydroxylation sites is 1. The monoisotopic (exact) mass is 313 g/mol. The Bertz CT molecular complexity index is 968. The van der Waals surface area contributed by atoms with Gasteiger partial charge in [-0.3, -0.25) is 0 Å². The number of rotatable bonds is 3. The molecule has 4 rings (SSSR count). The van der Waals surface area contributed by atoms with Crippen LogP contribution in [-0.4, -0.2) is 7.05 Å². The minimum Gasteiger partial charge on any atom is -0.456 e. The fourth-order valence-electron chi connectivity index (χ4n) is 2.93. The molecule has 0 radical (unpaired) electrons. The summed E-state index contributed by atoms with van der Waals surface area (Å²) in [5.74, 6) is 0.907. The summed E-state index contributed by atoms with van der Waals surface area (Å²) in [5.41, 5.74) is 5.56. The Hall–Kier alpha value is -3.00. The molecule has 24 heavy (non-hydrogen) atoms. The second-order valence-electron chi connectivity index (χ2n) is 6.09. The van der Waals surface area contributed by atoms with Crippen molar-refractivity contribution in [2.24, 2.45) is 0 Å². The lowest BCUT2D eigenvalue weighted by atomic mass is 10.1. The predicted molar refractivity (Wildman–Crippen MR) is 101 cm³/mol. The van der Waals surface area contributed by atoms with Gasteiger partial charge in [0.2, 0.25) is 0 Å². The van der Waals surface area contributed by atoms with Crippen LogP contribution in [0, 0.1) is 6.92 Å². The van der Waals surface area contributed by atoms with E-state index in [1.165, 1.54) is 11.3 Å². The number of anilines is 2. The Morgan fingerprint density at radius 2 is 1.46 bits per heavy atom. The normalized spacial score (nSPS) is 10.9. The van der Waals surface area contributed by atoms with Crippen molar-refractivity contribution in [2.45, 2.75) is 6.92 Å². The van der Waals surface area contributed by atoms with Crippen molar-refractivity contribution >= 4 is 22.3 Å². The summed E-state index contributed by atoms with van der Waals surface area (Å²) in [6.07, 6.45) is 0. The minimum atomic E-state index is 0.907. The highest BCUT2D eigenvalue weighted by Gasteiger charge is 2.08. The van der Waals surface area contributed by atoms with Crippen molar-refractivity contribution in [3.05, 3.63) is 84.4 Å². The van der Waals surface area contributed by atoms with Crippen LogP contribution in [0.2, 0.25) is 0 Å². The van der Waals surface area contributed by atoms with Crippen LogP contribution in [0.25, 0.3) is 22.3 Å². The summed E-state index contributed by atoms with van der Waals surface area (Å²) >= 11 is 0. The molecule has 0 unspecified atom stereocenters. The molecule has 0 aliphatic rings. The van der Waals surface area contributed by atoms with E-state index in [9.17, 15) is 0 Å². The molecule has 0 aliphatic heterocycles. The smallest absolute Gasteiger partial charge is 0.135 e. The average molecular weight is 313 g/mol. The van der Waals surface area contributed by atoms with Crippen molar-refractivity contribution in [3.8, 4) is 11.3 Å². The summed E-state index contributed by atoms with van der Waals surface area (Å²) in [4.78, 5) is 2.17. The SMILES string of the molecule is Cc1ccc2cc(-c3ccc(N(C)c4ccccc4)cc3)oc2c1. The maximum Gasteiger partial charge on any atom is 0.135 e. The van der Waals surface area contributed by atoms with Crippen LogP contribution in [0.4, 0.5) is 11.4 Å². The van der Waals surface area contributed by atoms with E-state index in [1.807, 2.05) is 6.07 Å². The third-order valence-corrected chi connectivity index (χ3v) is 4.36. The highest BCUT2D eigenvalue weighted by atomic mass is 16.3. The first-order valence-corrected chi connectivity index (χ1v) is 8.10. The van der Waals surface area contributed by atoms with Crippen LogP contribution in [0.3, 0.4) is 0 Å². The maximum absolute atomic E-state index is 6.01. The van der Waals surface area contributed by atoms with Gasteiger partial charge >= 0.3 is 0 Å². The number of aryl methyl sites for hydroxylation is 1. The third-order valence-electron chi connectivity index (χ3n) is 4.36. The van der Waals surface area contributed by atoms with Crippen LogP contribution in [0.15, 0.2) is 83.3 Å². The predicted octanol–water partition coefficient (Wildman–Crippen LogP) is 6.18. The van der Waals surface area contributed by atoms with Gasteiger partial charge in [-0.1, -0.05) is 30.3 Å². The molecule has 2 nitrogen and oxygen atoms in total. The van der Waals surface area contributed by atoms with Gasteiger partial charge in [-0.2, -0.15) is 0 Å². The minimum absolute atomic E-state index is 0.907. The Morgan fingerprint density at radius 1 is 0.750 bits per heavy atom. The Kier molecular flexibility index (Phi) is 3.58. The molecule has 3 aromatic carbocycles. The zero-order valence-corrected chi connectivity index (χ0v) is 13.9. The van der Waals surface area contributed by atoms with Crippen molar-refractivity contribution in [2.75, 3.05) is 11.9 Å². The lowest BCUT2D eigenvalue weighted by Gasteiger charge is -2.19. The third kappa shape index (κ3) is 2.67. The molecule has 0 saturated heterocycles. The largest absolute Gasteiger partial charge is 0.456 e. The van der Waals surface area contributed by atoms with E-state index < -0.39 is 0 Å². The standard InChI is InChI=1S/C22H19NO/c1-16-8-9-18-15-22(24-21(18)14-16)17-10-12-20(13-11-17)23(2)19-6-4-3-5-7-19/h3-15H,1-2H3. The van der Waals surface area contributed by atoms with Crippen LogP contribution in [0.1, 0.15) is 5.56 Å². The molecule has 1 heterocycles. The number of fused-ring (bicyclic) bond motifs is 1. The van der Waals surface area contributed by atoms with Gasteiger partial charge < -0.3 is 9.32 Å². The van der Waals surface area contributed by atoms with Gasteiger partial charge in [0.05, 0.1) is 0 Å². The highest BCUT2D eigenvalue weighted by molar-refractivity contribution is 5.83. The molecule has 0 aliphatic carbocycles. The van der Waals surface area contributed by atoms with E-state index in [4.69, 9.17) is 4.42 Å². The fourth-order valence-corrected chi connectivity index (χ4v) is 2.93. The van der Waals surface area contributed by atoms with E-state index in [0.29, 0.717) is 0 Å². The van der Waals surface area contributed by atoms with Crippen LogP contribution >= 0.6 is 0 Å². The summed E-state index contributed by atoms with van der Waals surface area (Å²) in [7, 11) is 2.08. The molecular formula is C22H19NO. The van der Waals surface area contributed by atoms with E-state index in [0.717, 1.165) is 28.0 Å². The van der Waals surface area contributed by atoms with Gasteiger partial charge in [0.15, 0.2) is 0 Å². The number of nitrogens with zero attached hydrogens (tertiary/aromatic N) is 1. The average Bonchev–Trinajstić information content (AvgIpc) is 3.05. The van der Waals surface area contributed by atoms with Crippen molar-refractivity contribution < 1.29 is 4.42 Å². The van der Waals surface area contributed by atoms with Crippen LogP contribution in [-0.2, 0) is 0 Å². The quantitative estimate of drug-likeness (QED) is 0.449. The first kappa shape index (κ1) is 14.6. The van der Waals surface area contributed by atoms with Gasteiger partial charge in [0.25, 0.3) is 0 Å². The molecule has 0 fully saturated rings. The zero-order chi connectivity index (χ0) is 16.5. The molecule has 0 atom stereocenters. The number of benzene rings is 3. The topological polar surface area (TPSA) is 16.4 Å². The molecule has 4 aromatic rings. The molecule has 0 bridgehead atoms. The molecule has 0 amide bonds. The van der Waals surface area contributed by atoms with E-state index in [-0.39, 0.29) is 0 Å².